The normalized spacial score (nSPS) is 31.7. The lowest BCUT2D eigenvalue weighted by molar-refractivity contribution is -0.145. The highest BCUT2D eigenvalue weighted by atomic mass is 16.5. The molecule has 1 aliphatic heterocycles. The van der Waals surface area contributed by atoms with Crippen molar-refractivity contribution in [3.8, 4) is 5.75 Å². The number of phenolic OH excluding ortho intramolecular Hbond substituents is 1. The van der Waals surface area contributed by atoms with Crippen molar-refractivity contribution in [1.82, 2.24) is 5.32 Å². The van der Waals surface area contributed by atoms with E-state index in [-0.39, 0.29) is 17.1 Å². The van der Waals surface area contributed by atoms with Crippen LogP contribution < -0.4 is 5.32 Å². The van der Waals surface area contributed by atoms with Crippen LogP contribution in [0.1, 0.15) is 37.7 Å². The van der Waals surface area contributed by atoms with E-state index in [1.165, 1.54) is 25.7 Å². The van der Waals surface area contributed by atoms with Crippen molar-refractivity contribution in [3.63, 3.8) is 0 Å². The van der Waals surface area contributed by atoms with Gasteiger partial charge in [-0.25, -0.2) is 0 Å². The Hall–Kier alpha value is -1.55. The summed E-state index contributed by atoms with van der Waals surface area (Å²) in [5, 5.41) is 12.6. The van der Waals surface area contributed by atoms with Crippen LogP contribution in [0.5, 0.6) is 5.75 Å². The summed E-state index contributed by atoms with van der Waals surface area (Å²) in [5.74, 6) is 0.841. The first-order chi connectivity index (χ1) is 10.7. The van der Waals surface area contributed by atoms with Gasteiger partial charge in [0.2, 0.25) is 5.91 Å². The summed E-state index contributed by atoms with van der Waals surface area (Å²) in [6, 6.07) is 7.17. The molecule has 1 aromatic carbocycles. The number of rotatable bonds is 3. The molecule has 1 amide bonds. The van der Waals surface area contributed by atoms with E-state index < -0.39 is 0 Å². The minimum Gasteiger partial charge on any atom is -0.508 e. The Morgan fingerprint density at radius 3 is 2.73 bits per heavy atom. The zero-order valence-corrected chi connectivity index (χ0v) is 12.8. The minimum absolute atomic E-state index is 0.0901. The van der Waals surface area contributed by atoms with Gasteiger partial charge < -0.3 is 15.2 Å². The van der Waals surface area contributed by atoms with Crippen molar-refractivity contribution >= 4 is 5.91 Å². The van der Waals surface area contributed by atoms with Crippen LogP contribution >= 0.6 is 0 Å². The fraction of sp³-hybridized carbons (Fsp3) is 0.611. The lowest BCUT2D eigenvalue weighted by Crippen LogP contribution is -2.68. The molecule has 0 aromatic heterocycles. The van der Waals surface area contributed by atoms with Gasteiger partial charge in [-0.05, 0) is 37.0 Å². The summed E-state index contributed by atoms with van der Waals surface area (Å²) < 4.78 is 5.95. The average Bonchev–Trinajstić information content (AvgIpc) is 3.15. The van der Waals surface area contributed by atoms with Crippen molar-refractivity contribution in [2.45, 2.75) is 50.7 Å². The average molecular weight is 301 g/mol. The number of phenols is 1. The van der Waals surface area contributed by atoms with Gasteiger partial charge in [-0.1, -0.05) is 25.0 Å². The molecule has 22 heavy (non-hydrogen) atoms. The summed E-state index contributed by atoms with van der Waals surface area (Å²) in [6.07, 6.45) is 6.75. The van der Waals surface area contributed by atoms with Crippen molar-refractivity contribution in [2.75, 3.05) is 6.61 Å². The molecule has 1 saturated heterocycles. The molecule has 2 N–H and O–H groups in total. The molecule has 4 rings (SSSR count). The summed E-state index contributed by atoms with van der Waals surface area (Å²) in [6.45, 7) is 0.849. The Balaban J connectivity index is 1.43. The fourth-order valence-electron chi connectivity index (χ4n) is 4.93. The number of hydrogen-bond donors (Lipinski definition) is 2. The summed E-state index contributed by atoms with van der Waals surface area (Å²) in [7, 11) is 0. The number of carbonyl (C=O) groups excluding carboxylic acids is 1. The van der Waals surface area contributed by atoms with Gasteiger partial charge in [0, 0.05) is 24.0 Å². The molecule has 3 atom stereocenters. The van der Waals surface area contributed by atoms with Crippen LogP contribution in [0.15, 0.2) is 24.3 Å². The monoisotopic (exact) mass is 301 g/mol. The standard InChI is InChI=1S/C18H23NO3/c20-13-5-3-12(4-6-13)11-15(21)19-16-14-7-10-22-17(14)18(16)8-1-2-9-18/h3-6,14,16-17,20H,1-2,7-11H2,(H,19,21)/t14-,16-,17+/m1/s1. The molecule has 1 aromatic rings. The van der Waals surface area contributed by atoms with Gasteiger partial charge >= 0.3 is 0 Å². The zero-order chi connectivity index (χ0) is 15.2. The summed E-state index contributed by atoms with van der Waals surface area (Å²) in [5.41, 5.74) is 1.15. The maximum atomic E-state index is 12.4. The van der Waals surface area contributed by atoms with E-state index in [2.05, 4.69) is 5.32 Å². The molecule has 3 fully saturated rings. The molecule has 1 spiro atoms. The molecule has 3 aliphatic rings. The molecule has 118 valence electrons. The van der Waals surface area contributed by atoms with Gasteiger partial charge in [0.15, 0.2) is 0 Å². The van der Waals surface area contributed by atoms with E-state index in [1.807, 2.05) is 12.1 Å². The third-order valence-corrected chi connectivity index (χ3v) is 5.90. The highest BCUT2D eigenvalue weighted by Crippen LogP contribution is 2.60. The van der Waals surface area contributed by atoms with Crippen LogP contribution in [0.2, 0.25) is 0 Å². The number of carbonyl (C=O) groups is 1. The Labute approximate surface area is 130 Å². The van der Waals surface area contributed by atoms with Gasteiger partial charge in [-0.3, -0.25) is 4.79 Å². The first kappa shape index (κ1) is 14.1. The van der Waals surface area contributed by atoms with Crippen LogP contribution in [0.3, 0.4) is 0 Å². The smallest absolute Gasteiger partial charge is 0.224 e. The van der Waals surface area contributed by atoms with Crippen LogP contribution in [0.4, 0.5) is 0 Å². The Morgan fingerprint density at radius 2 is 2.00 bits per heavy atom. The highest BCUT2D eigenvalue weighted by molar-refractivity contribution is 5.79. The second-order valence-electron chi connectivity index (χ2n) is 7.07. The molecule has 0 radical (unpaired) electrons. The maximum absolute atomic E-state index is 12.4. The number of nitrogens with one attached hydrogen (secondary N) is 1. The molecule has 4 heteroatoms. The summed E-state index contributed by atoms with van der Waals surface area (Å²) in [4.78, 5) is 12.4. The van der Waals surface area contributed by atoms with E-state index in [0.29, 0.717) is 24.5 Å². The predicted molar refractivity (Wildman–Crippen MR) is 82.5 cm³/mol. The van der Waals surface area contributed by atoms with E-state index in [9.17, 15) is 9.90 Å². The van der Waals surface area contributed by atoms with Gasteiger partial charge in [0.25, 0.3) is 0 Å². The molecule has 4 nitrogen and oxygen atoms in total. The number of benzene rings is 1. The molecule has 0 bridgehead atoms. The Bertz CT molecular complexity index is 562. The molecule has 2 saturated carbocycles. The van der Waals surface area contributed by atoms with Crippen molar-refractivity contribution < 1.29 is 14.6 Å². The highest BCUT2D eigenvalue weighted by Gasteiger charge is 2.65. The SMILES string of the molecule is O=C(Cc1ccc(O)cc1)N[C@@H]1[C@H]2CCO[C@@H]2C12CCCC2. The number of amides is 1. The van der Waals surface area contributed by atoms with Gasteiger partial charge in [0.05, 0.1) is 12.5 Å². The van der Waals surface area contributed by atoms with E-state index in [4.69, 9.17) is 4.74 Å². The number of aromatic hydroxyl groups is 1. The minimum atomic E-state index is 0.0901. The molecule has 2 aliphatic carbocycles. The van der Waals surface area contributed by atoms with Crippen LogP contribution in [-0.2, 0) is 16.0 Å². The fourth-order valence-corrected chi connectivity index (χ4v) is 4.93. The van der Waals surface area contributed by atoms with Crippen LogP contribution in [0, 0.1) is 11.3 Å². The predicted octanol–water partition coefficient (Wildman–Crippen LogP) is 2.40. The van der Waals surface area contributed by atoms with Crippen LogP contribution in [-0.4, -0.2) is 29.8 Å². The summed E-state index contributed by atoms with van der Waals surface area (Å²) >= 11 is 0. The topological polar surface area (TPSA) is 58.6 Å². The molecular weight excluding hydrogens is 278 g/mol. The van der Waals surface area contributed by atoms with Crippen molar-refractivity contribution in [2.24, 2.45) is 11.3 Å². The Morgan fingerprint density at radius 1 is 1.27 bits per heavy atom. The third-order valence-electron chi connectivity index (χ3n) is 5.90. The number of ether oxygens (including phenoxy) is 1. The molecule has 0 unspecified atom stereocenters. The second-order valence-corrected chi connectivity index (χ2v) is 7.07. The quantitative estimate of drug-likeness (QED) is 0.901. The van der Waals surface area contributed by atoms with Gasteiger partial charge in [-0.2, -0.15) is 0 Å². The van der Waals surface area contributed by atoms with Crippen molar-refractivity contribution in [3.05, 3.63) is 29.8 Å². The first-order valence-electron chi connectivity index (χ1n) is 8.38. The first-order valence-corrected chi connectivity index (χ1v) is 8.38. The van der Waals surface area contributed by atoms with Crippen LogP contribution in [0.25, 0.3) is 0 Å². The third kappa shape index (κ3) is 2.12. The lowest BCUT2D eigenvalue weighted by atomic mass is 9.54. The number of fused-ring (bicyclic) bond motifs is 2. The van der Waals surface area contributed by atoms with Crippen molar-refractivity contribution in [1.29, 1.82) is 0 Å². The second kappa shape index (κ2) is 5.27. The molecular formula is C18H23NO3. The van der Waals surface area contributed by atoms with Gasteiger partial charge in [0.1, 0.15) is 5.75 Å². The zero-order valence-electron chi connectivity index (χ0n) is 12.8. The largest absolute Gasteiger partial charge is 0.508 e. The van der Waals surface area contributed by atoms with E-state index in [1.54, 1.807) is 12.1 Å². The number of hydrogen-bond acceptors (Lipinski definition) is 3. The Kier molecular flexibility index (Phi) is 3.37. The maximum Gasteiger partial charge on any atom is 0.224 e. The van der Waals surface area contributed by atoms with E-state index >= 15 is 0 Å². The molecule has 1 heterocycles. The lowest BCUT2D eigenvalue weighted by Gasteiger charge is -2.56. The van der Waals surface area contributed by atoms with Gasteiger partial charge in [-0.15, -0.1) is 0 Å². The van der Waals surface area contributed by atoms with E-state index in [0.717, 1.165) is 18.6 Å².